The average Bonchev–Trinajstić information content (AvgIpc) is 2.33. The molecule has 0 aromatic carbocycles. The Bertz CT molecular complexity index is 578. The summed E-state index contributed by atoms with van der Waals surface area (Å²) < 4.78 is 13.3. The fourth-order valence-electron chi connectivity index (χ4n) is 1.27. The first kappa shape index (κ1) is 12.8. The number of hydrogen-bond donors (Lipinski definition) is 2. The molecule has 0 atom stereocenters. The number of rotatable bonds is 3. The van der Waals surface area contributed by atoms with Gasteiger partial charge >= 0.3 is 0 Å². The summed E-state index contributed by atoms with van der Waals surface area (Å²) in [6.45, 7) is 0.112. The van der Waals surface area contributed by atoms with Crippen molar-refractivity contribution in [3.63, 3.8) is 0 Å². The Hall–Kier alpha value is -1.66. The summed E-state index contributed by atoms with van der Waals surface area (Å²) in [4.78, 5) is 11.4. The lowest BCUT2D eigenvalue weighted by Gasteiger charge is -2.09. The normalized spacial score (nSPS) is 10.4. The van der Waals surface area contributed by atoms with Crippen LogP contribution >= 0.6 is 23.2 Å². The molecule has 2 heterocycles. The number of hydrogen-bond acceptors (Lipinski definition) is 5. The van der Waals surface area contributed by atoms with E-state index in [0.717, 1.165) is 0 Å². The molecule has 0 spiro atoms. The van der Waals surface area contributed by atoms with Crippen LogP contribution in [0.3, 0.4) is 0 Å². The molecule has 0 aliphatic heterocycles. The summed E-state index contributed by atoms with van der Waals surface area (Å²) in [7, 11) is 0. The van der Waals surface area contributed by atoms with Gasteiger partial charge in [0.25, 0.3) is 0 Å². The molecular weight excluding hydrogens is 280 g/mol. The first-order chi connectivity index (χ1) is 8.58. The van der Waals surface area contributed by atoms with Crippen molar-refractivity contribution in [3.05, 3.63) is 40.3 Å². The van der Waals surface area contributed by atoms with E-state index in [1.165, 1.54) is 18.3 Å². The van der Waals surface area contributed by atoms with Crippen molar-refractivity contribution in [1.82, 2.24) is 15.0 Å². The van der Waals surface area contributed by atoms with Crippen LogP contribution in [0, 0.1) is 5.82 Å². The standard InChI is InChI=1S/C10H8Cl2FN5/c11-8-7(14)9(18-10(12)17-8)16-4-6-5(13)2-1-3-15-6/h1-3H,4,14H2,(H,16,17,18). The first-order valence-electron chi connectivity index (χ1n) is 4.89. The van der Waals surface area contributed by atoms with Crippen molar-refractivity contribution in [1.29, 1.82) is 0 Å². The molecule has 2 aromatic heterocycles. The molecular formula is C10H8Cl2FN5. The molecule has 0 unspecified atom stereocenters. The van der Waals surface area contributed by atoms with Gasteiger partial charge < -0.3 is 11.1 Å². The molecule has 2 rings (SSSR count). The van der Waals surface area contributed by atoms with Crippen LogP contribution in [-0.4, -0.2) is 15.0 Å². The number of nitrogens with two attached hydrogens (primary N) is 1. The topological polar surface area (TPSA) is 76.7 Å². The van der Waals surface area contributed by atoms with Crippen molar-refractivity contribution in [2.75, 3.05) is 11.1 Å². The molecule has 0 aliphatic carbocycles. The van der Waals surface area contributed by atoms with Crippen molar-refractivity contribution >= 4 is 34.7 Å². The van der Waals surface area contributed by atoms with Crippen LogP contribution < -0.4 is 11.1 Å². The Balaban J connectivity index is 2.18. The predicted molar refractivity (Wildman–Crippen MR) is 68.0 cm³/mol. The fourth-order valence-corrected chi connectivity index (χ4v) is 1.65. The first-order valence-corrected chi connectivity index (χ1v) is 5.65. The largest absolute Gasteiger partial charge is 0.393 e. The number of halogens is 3. The summed E-state index contributed by atoms with van der Waals surface area (Å²) in [6.07, 6.45) is 1.49. The van der Waals surface area contributed by atoms with E-state index in [-0.39, 0.29) is 34.2 Å². The smallest absolute Gasteiger partial charge is 0.225 e. The van der Waals surface area contributed by atoms with Gasteiger partial charge in [0.15, 0.2) is 11.0 Å². The van der Waals surface area contributed by atoms with Crippen molar-refractivity contribution in [2.45, 2.75) is 6.54 Å². The number of nitrogen functional groups attached to an aromatic ring is 1. The molecule has 0 saturated heterocycles. The van der Waals surface area contributed by atoms with E-state index in [4.69, 9.17) is 28.9 Å². The average molecular weight is 288 g/mol. The summed E-state index contributed by atoms with van der Waals surface area (Å²) in [5.74, 6) is -0.181. The van der Waals surface area contributed by atoms with Gasteiger partial charge in [-0.25, -0.2) is 9.37 Å². The zero-order chi connectivity index (χ0) is 13.1. The number of pyridine rings is 1. The molecule has 8 heteroatoms. The Labute approximate surface area is 112 Å². The molecule has 2 aromatic rings. The van der Waals surface area contributed by atoms with Gasteiger partial charge in [-0.1, -0.05) is 11.6 Å². The van der Waals surface area contributed by atoms with E-state index in [2.05, 4.69) is 20.3 Å². The van der Waals surface area contributed by atoms with Gasteiger partial charge in [-0.15, -0.1) is 0 Å². The summed E-state index contributed by atoms with van der Waals surface area (Å²) in [5, 5.41) is 2.80. The van der Waals surface area contributed by atoms with Crippen LogP contribution in [-0.2, 0) is 6.54 Å². The molecule has 0 radical (unpaired) electrons. The number of aromatic nitrogens is 3. The Morgan fingerprint density at radius 1 is 1.33 bits per heavy atom. The van der Waals surface area contributed by atoms with Crippen molar-refractivity contribution < 1.29 is 4.39 Å². The maximum atomic E-state index is 13.3. The Kier molecular flexibility index (Phi) is 3.78. The second-order valence-electron chi connectivity index (χ2n) is 3.33. The van der Waals surface area contributed by atoms with Crippen LogP contribution in [0.1, 0.15) is 5.69 Å². The van der Waals surface area contributed by atoms with Gasteiger partial charge in [-0.2, -0.15) is 4.98 Å². The van der Waals surface area contributed by atoms with Crippen LogP contribution in [0.25, 0.3) is 0 Å². The van der Waals surface area contributed by atoms with Gasteiger partial charge in [0.1, 0.15) is 11.5 Å². The minimum absolute atomic E-state index is 0.0407. The summed E-state index contributed by atoms with van der Waals surface area (Å²) >= 11 is 11.4. The maximum Gasteiger partial charge on any atom is 0.225 e. The van der Waals surface area contributed by atoms with Gasteiger partial charge in [0.05, 0.1) is 12.2 Å². The third kappa shape index (κ3) is 2.77. The van der Waals surface area contributed by atoms with Gasteiger partial charge in [0.2, 0.25) is 5.28 Å². The van der Waals surface area contributed by atoms with E-state index in [9.17, 15) is 4.39 Å². The van der Waals surface area contributed by atoms with Crippen molar-refractivity contribution in [2.24, 2.45) is 0 Å². The van der Waals surface area contributed by atoms with Gasteiger partial charge in [-0.05, 0) is 23.7 Å². The Morgan fingerprint density at radius 3 is 2.83 bits per heavy atom. The van der Waals surface area contributed by atoms with Crippen LogP contribution in [0.2, 0.25) is 10.4 Å². The quantitative estimate of drug-likeness (QED) is 0.670. The Morgan fingerprint density at radius 2 is 2.11 bits per heavy atom. The van der Waals surface area contributed by atoms with Gasteiger partial charge in [-0.3, -0.25) is 4.98 Å². The lowest BCUT2D eigenvalue weighted by atomic mass is 10.3. The molecule has 5 nitrogen and oxygen atoms in total. The molecule has 0 saturated carbocycles. The monoisotopic (exact) mass is 287 g/mol. The number of anilines is 2. The maximum absolute atomic E-state index is 13.3. The molecule has 0 amide bonds. The summed E-state index contributed by atoms with van der Waals surface area (Å²) in [6, 6.07) is 2.82. The third-order valence-corrected chi connectivity index (χ3v) is 2.59. The van der Waals surface area contributed by atoms with Crippen LogP contribution in [0.15, 0.2) is 18.3 Å². The lowest BCUT2D eigenvalue weighted by Crippen LogP contribution is -2.08. The number of nitrogens with one attached hydrogen (secondary N) is 1. The third-order valence-electron chi connectivity index (χ3n) is 2.13. The zero-order valence-electron chi connectivity index (χ0n) is 8.99. The van der Waals surface area contributed by atoms with E-state index in [1.54, 1.807) is 0 Å². The highest BCUT2D eigenvalue weighted by Gasteiger charge is 2.10. The van der Waals surface area contributed by atoms with Crippen LogP contribution in [0.5, 0.6) is 0 Å². The van der Waals surface area contributed by atoms with E-state index in [1.807, 2.05) is 0 Å². The van der Waals surface area contributed by atoms with E-state index >= 15 is 0 Å². The minimum Gasteiger partial charge on any atom is -0.393 e. The molecule has 18 heavy (non-hydrogen) atoms. The highest BCUT2D eigenvalue weighted by atomic mass is 35.5. The fraction of sp³-hybridized carbons (Fsp3) is 0.100. The van der Waals surface area contributed by atoms with E-state index in [0.29, 0.717) is 0 Å². The number of nitrogens with zero attached hydrogens (tertiary/aromatic N) is 3. The molecule has 0 fully saturated rings. The van der Waals surface area contributed by atoms with Crippen LogP contribution in [0.4, 0.5) is 15.9 Å². The molecule has 0 aliphatic rings. The second kappa shape index (κ2) is 5.32. The SMILES string of the molecule is Nc1c(Cl)nc(Cl)nc1NCc1ncccc1F. The van der Waals surface area contributed by atoms with Gasteiger partial charge in [0, 0.05) is 6.20 Å². The second-order valence-corrected chi connectivity index (χ2v) is 4.03. The minimum atomic E-state index is -0.421. The van der Waals surface area contributed by atoms with E-state index < -0.39 is 5.82 Å². The molecule has 3 N–H and O–H groups in total. The molecule has 94 valence electrons. The van der Waals surface area contributed by atoms with Crippen molar-refractivity contribution in [3.8, 4) is 0 Å². The predicted octanol–water partition coefficient (Wildman–Crippen LogP) is 2.51. The molecule has 0 bridgehead atoms. The zero-order valence-corrected chi connectivity index (χ0v) is 10.5. The lowest BCUT2D eigenvalue weighted by molar-refractivity contribution is 0.602. The highest BCUT2D eigenvalue weighted by Crippen LogP contribution is 2.25. The summed E-state index contributed by atoms with van der Waals surface area (Å²) in [5.41, 5.74) is 6.05. The highest BCUT2D eigenvalue weighted by molar-refractivity contribution is 6.34.